The maximum atomic E-state index is 12.8. The van der Waals surface area contributed by atoms with Crippen molar-refractivity contribution in [3.63, 3.8) is 0 Å². The van der Waals surface area contributed by atoms with Gasteiger partial charge in [-0.25, -0.2) is 0 Å². The maximum Gasteiger partial charge on any atom is 0.227 e. The third-order valence-electron chi connectivity index (χ3n) is 4.18. The summed E-state index contributed by atoms with van der Waals surface area (Å²) >= 11 is 0. The summed E-state index contributed by atoms with van der Waals surface area (Å²) in [5, 5.41) is 0. The summed E-state index contributed by atoms with van der Waals surface area (Å²) < 4.78 is 16.8. The van der Waals surface area contributed by atoms with Gasteiger partial charge in [-0.1, -0.05) is 12.1 Å². The van der Waals surface area contributed by atoms with E-state index in [1.807, 2.05) is 52.0 Å². The summed E-state index contributed by atoms with van der Waals surface area (Å²) in [6.07, 6.45) is 0.658. The Labute approximate surface area is 138 Å². The average Bonchev–Trinajstić information content (AvgIpc) is 2.68. The molecule has 2 rings (SSSR count). The van der Waals surface area contributed by atoms with Crippen molar-refractivity contribution in [1.29, 1.82) is 0 Å². The predicted octanol–water partition coefficient (Wildman–Crippen LogP) is 2.97. The summed E-state index contributed by atoms with van der Waals surface area (Å²) in [5.74, 6) is 0.825. The van der Waals surface area contributed by atoms with Gasteiger partial charge < -0.3 is 14.2 Å². The number of ether oxygens (including phenoxy) is 3. The molecule has 1 aliphatic heterocycles. The molecule has 0 bridgehead atoms. The molecule has 1 aromatic carbocycles. The van der Waals surface area contributed by atoms with Crippen LogP contribution in [0.3, 0.4) is 0 Å². The second-order valence-electron chi connectivity index (χ2n) is 6.86. The molecule has 5 nitrogen and oxygen atoms in total. The van der Waals surface area contributed by atoms with Gasteiger partial charge in [-0.05, 0) is 51.8 Å². The topological polar surface area (TPSA) is 48.0 Å². The molecule has 1 atom stereocenters. The lowest BCUT2D eigenvalue weighted by atomic mass is 10.1. The molecule has 0 aliphatic carbocycles. The van der Waals surface area contributed by atoms with E-state index in [1.165, 1.54) is 0 Å². The van der Waals surface area contributed by atoms with Gasteiger partial charge in [-0.15, -0.1) is 0 Å². The summed E-state index contributed by atoms with van der Waals surface area (Å²) in [6, 6.07) is 7.78. The van der Waals surface area contributed by atoms with Crippen molar-refractivity contribution in [2.75, 3.05) is 14.2 Å². The highest BCUT2D eigenvalue weighted by Gasteiger charge is 2.54. The molecular formula is C18H27NO4. The lowest BCUT2D eigenvalue weighted by Crippen LogP contribution is -2.50. The first-order valence-corrected chi connectivity index (χ1v) is 7.89. The van der Waals surface area contributed by atoms with Gasteiger partial charge in [-0.2, -0.15) is 0 Å². The van der Waals surface area contributed by atoms with Crippen molar-refractivity contribution in [2.24, 2.45) is 0 Å². The zero-order valence-corrected chi connectivity index (χ0v) is 14.9. The lowest BCUT2D eigenvalue weighted by molar-refractivity contribution is -0.154. The minimum absolute atomic E-state index is 0.0234. The summed E-state index contributed by atoms with van der Waals surface area (Å²) in [6.45, 7) is 7.69. The van der Waals surface area contributed by atoms with Gasteiger partial charge >= 0.3 is 0 Å². The highest BCUT2D eigenvalue weighted by Crippen LogP contribution is 2.39. The van der Waals surface area contributed by atoms with Crippen LogP contribution in [0.2, 0.25) is 0 Å². The Hall–Kier alpha value is -1.59. The zero-order chi connectivity index (χ0) is 17.3. The van der Waals surface area contributed by atoms with Crippen molar-refractivity contribution >= 4 is 5.91 Å². The molecule has 23 heavy (non-hydrogen) atoms. The molecule has 1 amide bonds. The Morgan fingerprint density at radius 2 is 1.96 bits per heavy atom. The molecule has 0 N–H and O–H groups in total. The van der Waals surface area contributed by atoms with Crippen LogP contribution in [0.1, 0.15) is 39.7 Å². The first-order valence-electron chi connectivity index (χ1n) is 7.89. The van der Waals surface area contributed by atoms with E-state index in [0.29, 0.717) is 12.8 Å². The van der Waals surface area contributed by atoms with Crippen LogP contribution in [0.4, 0.5) is 0 Å². The Morgan fingerprint density at radius 3 is 2.57 bits per heavy atom. The molecule has 1 fully saturated rings. The first-order chi connectivity index (χ1) is 10.7. The minimum Gasteiger partial charge on any atom is -0.497 e. The van der Waals surface area contributed by atoms with Gasteiger partial charge in [0.15, 0.2) is 6.23 Å². The zero-order valence-electron chi connectivity index (χ0n) is 14.9. The number of nitrogens with zero attached hydrogens (tertiary/aromatic N) is 1. The van der Waals surface area contributed by atoms with E-state index >= 15 is 0 Å². The molecule has 128 valence electrons. The molecule has 1 aliphatic rings. The van der Waals surface area contributed by atoms with E-state index in [-0.39, 0.29) is 5.91 Å². The van der Waals surface area contributed by atoms with E-state index in [4.69, 9.17) is 14.2 Å². The van der Waals surface area contributed by atoms with Gasteiger partial charge in [-0.3, -0.25) is 9.69 Å². The number of carbonyl (C=O) groups is 1. The second-order valence-corrected chi connectivity index (χ2v) is 6.86. The lowest BCUT2D eigenvalue weighted by Gasteiger charge is -2.33. The van der Waals surface area contributed by atoms with Crippen molar-refractivity contribution in [2.45, 2.75) is 58.1 Å². The van der Waals surface area contributed by atoms with E-state index in [2.05, 4.69) is 0 Å². The standard InChI is InChI=1S/C18H27NO4/c1-17(2)16(22-6)19(18(3,4)23-17)15(20)11-10-13-8-7-9-14(12-13)21-5/h7-9,12,16H,10-11H2,1-6H3. The normalized spacial score (nSPS) is 22.2. The first kappa shape index (κ1) is 17.8. The number of benzene rings is 1. The number of aryl methyl sites for hydroxylation is 1. The third-order valence-corrected chi connectivity index (χ3v) is 4.18. The van der Waals surface area contributed by atoms with Crippen LogP contribution in [-0.4, -0.2) is 42.6 Å². The summed E-state index contributed by atoms with van der Waals surface area (Å²) in [5.41, 5.74) is -0.150. The molecule has 0 spiro atoms. The number of hydrogen-bond donors (Lipinski definition) is 0. The van der Waals surface area contributed by atoms with Crippen molar-refractivity contribution in [3.05, 3.63) is 29.8 Å². The SMILES string of the molecule is COc1cccc(CCC(=O)N2C(OC)C(C)(C)OC2(C)C)c1. The fourth-order valence-corrected chi connectivity index (χ4v) is 3.36. The Bertz CT molecular complexity index is 568. The highest BCUT2D eigenvalue weighted by atomic mass is 16.6. The van der Waals surface area contributed by atoms with E-state index in [0.717, 1.165) is 11.3 Å². The van der Waals surface area contributed by atoms with Crippen LogP contribution >= 0.6 is 0 Å². The molecule has 0 aromatic heterocycles. The van der Waals surface area contributed by atoms with E-state index in [9.17, 15) is 4.79 Å². The Balaban J connectivity index is 2.09. The largest absolute Gasteiger partial charge is 0.497 e. The summed E-state index contributed by atoms with van der Waals surface area (Å²) in [7, 11) is 3.25. The fourth-order valence-electron chi connectivity index (χ4n) is 3.36. The van der Waals surface area contributed by atoms with Crippen molar-refractivity contribution in [1.82, 2.24) is 4.90 Å². The molecule has 1 aromatic rings. The Morgan fingerprint density at radius 1 is 1.26 bits per heavy atom. The average molecular weight is 321 g/mol. The minimum atomic E-state index is -0.685. The van der Waals surface area contributed by atoms with Gasteiger partial charge in [0.05, 0.1) is 7.11 Å². The molecular weight excluding hydrogens is 294 g/mol. The number of amides is 1. The number of hydrogen-bond acceptors (Lipinski definition) is 4. The molecule has 5 heteroatoms. The molecule has 1 unspecified atom stereocenters. The van der Waals surface area contributed by atoms with Gasteiger partial charge in [0.2, 0.25) is 5.91 Å². The molecule has 1 saturated heterocycles. The molecule has 1 heterocycles. The Kier molecular flexibility index (Phi) is 5.01. The smallest absolute Gasteiger partial charge is 0.227 e. The van der Waals surface area contributed by atoms with Gasteiger partial charge in [0.25, 0.3) is 0 Å². The van der Waals surface area contributed by atoms with Crippen LogP contribution in [0, 0.1) is 0 Å². The van der Waals surface area contributed by atoms with Crippen LogP contribution in [0.15, 0.2) is 24.3 Å². The van der Waals surface area contributed by atoms with E-state index < -0.39 is 17.6 Å². The monoisotopic (exact) mass is 321 g/mol. The number of carbonyl (C=O) groups excluding carboxylic acids is 1. The second kappa shape index (κ2) is 6.49. The maximum absolute atomic E-state index is 12.8. The fraction of sp³-hybridized carbons (Fsp3) is 0.611. The quantitative estimate of drug-likeness (QED) is 0.836. The van der Waals surface area contributed by atoms with Crippen molar-refractivity contribution < 1.29 is 19.0 Å². The molecule has 0 radical (unpaired) electrons. The number of rotatable bonds is 5. The van der Waals surface area contributed by atoms with Crippen molar-refractivity contribution in [3.8, 4) is 5.75 Å². The van der Waals surface area contributed by atoms with Crippen LogP contribution < -0.4 is 4.74 Å². The highest BCUT2D eigenvalue weighted by molar-refractivity contribution is 5.77. The number of methoxy groups -OCH3 is 2. The van der Waals surface area contributed by atoms with Crippen LogP contribution in [0.25, 0.3) is 0 Å². The molecule has 0 saturated carbocycles. The predicted molar refractivity (Wildman–Crippen MR) is 88.2 cm³/mol. The van der Waals surface area contributed by atoms with Gasteiger partial charge in [0, 0.05) is 13.5 Å². The summed E-state index contributed by atoms with van der Waals surface area (Å²) in [4.78, 5) is 14.5. The van der Waals surface area contributed by atoms with Gasteiger partial charge in [0.1, 0.15) is 17.1 Å². The third kappa shape index (κ3) is 3.67. The van der Waals surface area contributed by atoms with E-state index in [1.54, 1.807) is 19.1 Å². The van der Waals surface area contributed by atoms with Crippen LogP contribution in [-0.2, 0) is 20.7 Å². The van der Waals surface area contributed by atoms with Crippen LogP contribution in [0.5, 0.6) is 5.75 Å².